The predicted octanol–water partition coefficient (Wildman–Crippen LogP) is 3.03. The fourth-order valence-electron chi connectivity index (χ4n) is 1.41. The summed E-state index contributed by atoms with van der Waals surface area (Å²) in [5.41, 5.74) is 1.27. The summed E-state index contributed by atoms with van der Waals surface area (Å²) in [7, 11) is 1.94. The van der Waals surface area contributed by atoms with Crippen molar-refractivity contribution in [2.75, 3.05) is 13.7 Å². The summed E-state index contributed by atoms with van der Waals surface area (Å²) in [5.74, 6) is 0. The zero-order chi connectivity index (χ0) is 12.0. The first-order valence-electron chi connectivity index (χ1n) is 5.38. The molecule has 1 aromatic carbocycles. The van der Waals surface area contributed by atoms with E-state index in [0.29, 0.717) is 5.25 Å². The predicted molar refractivity (Wildman–Crippen MR) is 73.9 cm³/mol. The van der Waals surface area contributed by atoms with Gasteiger partial charge in [0, 0.05) is 27.8 Å². The van der Waals surface area contributed by atoms with Crippen molar-refractivity contribution in [1.29, 1.82) is 0 Å². The summed E-state index contributed by atoms with van der Waals surface area (Å²) in [6.07, 6.45) is 0.829. The highest BCUT2D eigenvalue weighted by Crippen LogP contribution is 2.32. The molecule has 1 unspecified atom stereocenters. The van der Waals surface area contributed by atoms with Gasteiger partial charge in [0.1, 0.15) is 0 Å². The van der Waals surface area contributed by atoms with Crippen molar-refractivity contribution in [2.24, 2.45) is 0 Å². The normalized spacial score (nSPS) is 12.8. The van der Waals surface area contributed by atoms with Crippen LogP contribution in [0.5, 0.6) is 0 Å². The average molecular weight is 304 g/mol. The monoisotopic (exact) mass is 303 g/mol. The number of nitrogens with one attached hydrogen (secondary N) is 1. The standard InChI is InChI=1S/C12H18BrNOS/c1-9(5-6-15)16-12-4-3-10(8-14-2)7-11(12)13/h3-4,7,9,14-15H,5-6,8H2,1-2H3. The number of aliphatic hydroxyl groups excluding tert-OH is 1. The lowest BCUT2D eigenvalue weighted by Gasteiger charge is -2.12. The highest BCUT2D eigenvalue weighted by Gasteiger charge is 2.07. The maximum atomic E-state index is 8.86. The maximum Gasteiger partial charge on any atom is 0.0441 e. The largest absolute Gasteiger partial charge is 0.396 e. The van der Waals surface area contributed by atoms with Gasteiger partial charge < -0.3 is 10.4 Å². The van der Waals surface area contributed by atoms with E-state index in [0.717, 1.165) is 17.4 Å². The summed E-state index contributed by atoms with van der Waals surface area (Å²) in [5, 5.41) is 12.4. The molecule has 0 aliphatic carbocycles. The van der Waals surface area contributed by atoms with Gasteiger partial charge in [-0.2, -0.15) is 0 Å². The van der Waals surface area contributed by atoms with Crippen LogP contribution in [0, 0.1) is 0 Å². The van der Waals surface area contributed by atoms with Gasteiger partial charge in [-0.15, -0.1) is 11.8 Å². The molecule has 0 saturated heterocycles. The molecule has 0 spiro atoms. The van der Waals surface area contributed by atoms with Crippen LogP contribution in [0.4, 0.5) is 0 Å². The Balaban J connectivity index is 2.67. The molecule has 0 bridgehead atoms. The summed E-state index contributed by atoms with van der Waals surface area (Å²) < 4.78 is 1.13. The van der Waals surface area contributed by atoms with Crippen molar-refractivity contribution in [3.8, 4) is 0 Å². The Morgan fingerprint density at radius 1 is 1.50 bits per heavy atom. The van der Waals surface area contributed by atoms with E-state index >= 15 is 0 Å². The number of benzene rings is 1. The number of thioether (sulfide) groups is 1. The van der Waals surface area contributed by atoms with E-state index in [9.17, 15) is 0 Å². The molecule has 16 heavy (non-hydrogen) atoms. The third-order valence-corrected chi connectivity index (χ3v) is 4.41. The molecule has 2 N–H and O–H groups in total. The molecule has 1 rings (SSSR count). The van der Waals surface area contributed by atoms with Crippen LogP contribution in [0.15, 0.2) is 27.6 Å². The molecule has 0 fully saturated rings. The smallest absolute Gasteiger partial charge is 0.0441 e. The summed E-state index contributed by atoms with van der Waals surface area (Å²) in [4.78, 5) is 1.24. The molecule has 0 aliphatic rings. The SMILES string of the molecule is CNCc1ccc(SC(C)CCO)c(Br)c1. The molecular weight excluding hydrogens is 286 g/mol. The molecule has 4 heteroatoms. The zero-order valence-electron chi connectivity index (χ0n) is 9.66. The van der Waals surface area contributed by atoms with Gasteiger partial charge in [0.15, 0.2) is 0 Å². The molecule has 1 aromatic rings. The summed E-state index contributed by atoms with van der Waals surface area (Å²) >= 11 is 5.38. The van der Waals surface area contributed by atoms with E-state index in [1.807, 2.05) is 7.05 Å². The molecule has 0 aromatic heterocycles. The van der Waals surface area contributed by atoms with Crippen LogP contribution < -0.4 is 5.32 Å². The first kappa shape index (κ1) is 14.0. The molecule has 0 heterocycles. The van der Waals surface area contributed by atoms with Crippen molar-refractivity contribution in [3.63, 3.8) is 0 Å². The van der Waals surface area contributed by atoms with Gasteiger partial charge in [0.25, 0.3) is 0 Å². The molecule has 0 saturated carbocycles. The second-order valence-corrected chi connectivity index (χ2v) is 6.07. The Hall–Kier alpha value is -0.0300. The Bertz CT molecular complexity index is 333. The second-order valence-electron chi connectivity index (χ2n) is 3.74. The Morgan fingerprint density at radius 3 is 2.81 bits per heavy atom. The minimum Gasteiger partial charge on any atom is -0.396 e. The highest BCUT2D eigenvalue weighted by molar-refractivity contribution is 9.10. The fraction of sp³-hybridized carbons (Fsp3) is 0.500. The minimum absolute atomic E-state index is 0.254. The third kappa shape index (κ3) is 4.45. The van der Waals surface area contributed by atoms with Crippen molar-refractivity contribution < 1.29 is 5.11 Å². The highest BCUT2D eigenvalue weighted by atomic mass is 79.9. The van der Waals surface area contributed by atoms with Gasteiger partial charge in [-0.05, 0) is 47.1 Å². The van der Waals surface area contributed by atoms with Crippen LogP contribution in [0.1, 0.15) is 18.9 Å². The summed E-state index contributed by atoms with van der Waals surface area (Å²) in [6.45, 7) is 3.27. The van der Waals surface area contributed by atoms with E-state index in [2.05, 4.69) is 46.4 Å². The number of aliphatic hydroxyl groups is 1. The number of halogens is 1. The van der Waals surface area contributed by atoms with Crippen LogP contribution in [-0.4, -0.2) is 24.0 Å². The van der Waals surface area contributed by atoms with E-state index in [1.165, 1.54) is 10.5 Å². The molecule has 0 amide bonds. The van der Waals surface area contributed by atoms with Crippen LogP contribution in [0.3, 0.4) is 0 Å². The molecule has 0 aliphatic heterocycles. The number of hydrogen-bond acceptors (Lipinski definition) is 3. The van der Waals surface area contributed by atoms with Gasteiger partial charge in [0.2, 0.25) is 0 Å². The van der Waals surface area contributed by atoms with Crippen molar-refractivity contribution >= 4 is 27.7 Å². The van der Waals surface area contributed by atoms with Gasteiger partial charge in [-0.1, -0.05) is 13.0 Å². The average Bonchev–Trinajstić information content (AvgIpc) is 2.23. The van der Waals surface area contributed by atoms with E-state index in [4.69, 9.17) is 5.11 Å². The first-order chi connectivity index (χ1) is 7.67. The lowest BCUT2D eigenvalue weighted by Crippen LogP contribution is -2.05. The first-order valence-corrected chi connectivity index (χ1v) is 7.05. The molecule has 1 atom stereocenters. The van der Waals surface area contributed by atoms with Crippen LogP contribution in [-0.2, 0) is 6.54 Å². The lowest BCUT2D eigenvalue weighted by atomic mass is 10.2. The maximum absolute atomic E-state index is 8.86. The van der Waals surface area contributed by atoms with Gasteiger partial charge in [-0.25, -0.2) is 0 Å². The third-order valence-electron chi connectivity index (χ3n) is 2.24. The van der Waals surface area contributed by atoms with Crippen molar-refractivity contribution in [2.45, 2.75) is 30.0 Å². The van der Waals surface area contributed by atoms with Crippen LogP contribution in [0.25, 0.3) is 0 Å². The van der Waals surface area contributed by atoms with Crippen LogP contribution >= 0.6 is 27.7 Å². The van der Waals surface area contributed by atoms with Gasteiger partial charge in [-0.3, -0.25) is 0 Å². The zero-order valence-corrected chi connectivity index (χ0v) is 12.1. The minimum atomic E-state index is 0.254. The topological polar surface area (TPSA) is 32.3 Å². The Labute approximate surface area is 110 Å². The quantitative estimate of drug-likeness (QED) is 0.792. The number of rotatable bonds is 6. The molecule has 0 radical (unpaired) electrons. The van der Waals surface area contributed by atoms with Gasteiger partial charge in [0.05, 0.1) is 0 Å². The molecular formula is C12H18BrNOS. The van der Waals surface area contributed by atoms with Crippen molar-refractivity contribution in [1.82, 2.24) is 5.32 Å². The summed E-state index contributed by atoms with van der Waals surface area (Å²) in [6, 6.07) is 6.41. The van der Waals surface area contributed by atoms with Crippen LogP contribution in [0.2, 0.25) is 0 Å². The lowest BCUT2D eigenvalue weighted by molar-refractivity contribution is 0.289. The Kier molecular flexibility index (Phi) is 6.43. The van der Waals surface area contributed by atoms with E-state index in [-0.39, 0.29) is 6.61 Å². The Morgan fingerprint density at radius 2 is 2.25 bits per heavy atom. The van der Waals surface area contributed by atoms with Crippen molar-refractivity contribution in [3.05, 3.63) is 28.2 Å². The molecule has 90 valence electrons. The second kappa shape index (κ2) is 7.33. The van der Waals surface area contributed by atoms with Gasteiger partial charge >= 0.3 is 0 Å². The van der Waals surface area contributed by atoms with E-state index in [1.54, 1.807) is 11.8 Å². The molecule has 2 nitrogen and oxygen atoms in total. The van der Waals surface area contributed by atoms with E-state index < -0.39 is 0 Å². The fourth-order valence-corrected chi connectivity index (χ4v) is 3.09. The number of hydrogen-bond donors (Lipinski definition) is 2.